The SMILES string of the molecule is N[C@@H]1CCCC[C@H]1Br. The van der Waals surface area contributed by atoms with E-state index in [1.807, 2.05) is 0 Å². The summed E-state index contributed by atoms with van der Waals surface area (Å²) in [6, 6.07) is 0.420. The molecule has 0 aromatic heterocycles. The highest BCUT2D eigenvalue weighted by Crippen LogP contribution is 2.22. The van der Waals surface area contributed by atoms with Crippen LogP contribution in [0.3, 0.4) is 0 Å². The molecule has 0 amide bonds. The Balaban J connectivity index is 2.28. The van der Waals surface area contributed by atoms with E-state index in [-0.39, 0.29) is 0 Å². The Labute approximate surface area is 58.8 Å². The minimum absolute atomic E-state index is 0.420. The van der Waals surface area contributed by atoms with Crippen LogP contribution in [0.2, 0.25) is 0 Å². The lowest BCUT2D eigenvalue weighted by molar-refractivity contribution is 0.458. The molecular weight excluding hydrogens is 166 g/mol. The van der Waals surface area contributed by atoms with Gasteiger partial charge >= 0.3 is 0 Å². The molecule has 0 unspecified atom stereocenters. The number of nitrogens with two attached hydrogens (primary N) is 1. The summed E-state index contributed by atoms with van der Waals surface area (Å²) < 4.78 is 0. The first-order valence-electron chi connectivity index (χ1n) is 3.20. The average Bonchev–Trinajstić information content (AvgIpc) is 1.77. The van der Waals surface area contributed by atoms with Crippen LogP contribution in [0.4, 0.5) is 0 Å². The van der Waals surface area contributed by atoms with E-state index in [4.69, 9.17) is 5.73 Å². The third-order valence-electron chi connectivity index (χ3n) is 1.73. The molecule has 1 aliphatic rings. The second kappa shape index (κ2) is 2.83. The molecule has 0 aliphatic heterocycles. The molecule has 1 aliphatic carbocycles. The summed E-state index contributed by atoms with van der Waals surface area (Å²) in [4.78, 5) is 0.594. The quantitative estimate of drug-likeness (QED) is 0.560. The van der Waals surface area contributed by atoms with E-state index in [2.05, 4.69) is 15.9 Å². The van der Waals surface area contributed by atoms with Crippen LogP contribution in [0.5, 0.6) is 0 Å². The van der Waals surface area contributed by atoms with Crippen LogP contribution in [-0.2, 0) is 0 Å². The Morgan fingerprint density at radius 1 is 1.25 bits per heavy atom. The fourth-order valence-electron chi connectivity index (χ4n) is 1.11. The smallest absolute Gasteiger partial charge is 0.0297 e. The second-order valence-electron chi connectivity index (χ2n) is 2.46. The van der Waals surface area contributed by atoms with Gasteiger partial charge in [-0.3, -0.25) is 0 Å². The van der Waals surface area contributed by atoms with Crippen LogP contribution in [0.25, 0.3) is 0 Å². The molecule has 48 valence electrons. The van der Waals surface area contributed by atoms with Gasteiger partial charge in [-0.2, -0.15) is 0 Å². The molecule has 1 nitrogen and oxygen atoms in total. The maximum absolute atomic E-state index is 5.73. The second-order valence-corrected chi connectivity index (χ2v) is 3.64. The molecule has 1 saturated carbocycles. The Kier molecular flexibility index (Phi) is 2.32. The van der Waals surface area contributed by atoms with Gasteiger partial charge in [0, 0.05) is 10.9 Å². The third-order valence-corrected chi connectivity index (χ3v) is 2.87. The van der Waals surface area contributed by atoms with Crippen molar-refractivity contribution in [3.8, 4) is 0 Å². The summed E-state index contributed by atoms with van der Waals surface area (Å²) in [5.74, 6) is 0. The lowest BCUT2D eigenvalue weighted by atomic mass is 9.96. The van der Waals surface area contributed by atoms with Gasteiger partial charge < -0.3 is 5.73 Å². The van der Waals surface area contributed by atoms with Gasteiger partial charge in [-0.25, -0.2) is 0 Å². The van der Waals surface area contributed by atoms with Crippen molar-refractivity contribution in [3.05, 3.63) is 0 Å². The van der Waals surface area contributed by atoms with Crippen molar-refractivity contribution < 1.29 is 0 Å². The van der Waals surface area contributed by atoms with Gasteiger partial charge in [0.15, 0.2) is 0 Å². The standard InChI is InChI=1S/C6H12BrN/c7-5-3-1-2-4-6(5)8/h5-6H,1-4,8H2/t5-,6-/m1/s1. The van der Waals surface area contributed by atoms with Crippen molar-refractivity contribution in [2.24, 2.45) is 5.73 Å². The van der Waals surface area contributed by atoms with Crippen molar-refractivity contribution >= 4 is 15.9 Å². The highest BCUT2D eigenvalue weighted by molar-refractivity contribution is 9.09. The number of alkyl halides is 1. The molecule has 2 N–H and O–H groups in total. The molecule has 0 saturated heterocycles. The van der Waals surface area contributed by atoms with Crippen LogP contribution in [0.15, 0.2) is 0 Å². The molecule has 8 heavy (non-hydrogen) atoms. The Morgan fingerprint density at radius 2 is 1.88 bits per heavy atom. The van der Waals surface area contributed by atoms with E-state index in [0.29, 0.717) is 10.9 Å². The summed E-state index contributed by atoms with van der Waals surface area (Å²) in [7, 11) is 0. The largest absolute Gasteiger partial charge is 0.327 e. The van der Waals surface area contributed by atoms with E-state index in [1.54, 1.807) is 0 Å². The van der Waals surface area contributed by atoms with E-state index < -0.39 is 0 Å². The molecule has 1 rings (SSSR count). The lowest BCUT2D eigenvalue weighted by Crippen LogP contribution is -2.33. The van der Waals surface area contributed by atoms with Crippen molar-refractivity contribution in [3.63, 3.8) is 0 Å². The minimum Gasteiger partial charge on any atom is -0.327 e. The summed E-state index contributed by atoms with van der Waals surface area (Å²) >= 11 is 3.53. The number of hydrogen-bond donors (Lipinski definition) is 1. The van der Waals surface area contributed by atoms with Crippen LogP contribution >= 0.6 is 15.9 Å². The van der Waals surface area contributed by atoms with Crippen LogP contribution in [0.1, 0.15) is 25.7 Å². The van der Waals surface area contributed by atoms with Crippen molar-refractivity contribution in [1.82, 2.24) is 0 Å². The Bertz CT molecular complexity index is 64.9. The molecule has 0 aromatic carbocycles. The lowest BCUT2D eigenvalue weighted by Gasteiger charge is -2.22. The molecule has 0 bridgehead atoms. The molecule has 2 atom stereocenters. The first-order chi connectivity index (χ1) is 3.80. The van der Waals surface area contributed by atoms with Crippen LogP contribution in [-0.4, -0.2) is 10.9 Å². The zero-order chi connectivity index (χ0) is 5.98. The number of rotatable bonds is 0. The molecule has 0 spiro atoms. The normalized spacial score (nSPS) is 39.8. The first-order valence-corrected chi connectivity index (χ1v) is 4.12. The van der Waals surface area contributed by atoms with Crippen LogP contribution in [0, 0.1) is 0 Å². The Hall–Kier alpha value is 0.440. The molecule has 1 fully saturated rings. The van der Waals surface area contributed by atoms with Gasteiger partial charge in [0.1, 0.15) is 0 Å². The van der Waals surface area contributed by atoms with Gasteiger partial charge in [-0.05, 0) is 12.8 Å². The summed E-state index contributed by atoms with van der Waals surface area (Å²) in [6.07, 6.45) is 5.14. The summed E-state index contributed by atoms with van der Waals surface area (Å²) in [6.45, 7) is 0. The maximum atomic E-state index is 5.73. The van der Waals surface area contributed by atoms with Crippen LogP contribution < -0.4 is 5.73 Å². The monoisotopic (exact) mass is 177 g/mol. The number of halogens is 1. The first kappa shape index (κ1) is 6.56. The summed E-state index contributed by atoms with van der Waals surface area (Å²) in [5, 5.41) is 0. The van der Waals surface area contributed by atoms with E-state index >= 15 is 0 Å². The van der Waals surface area contributed by atoms with E-state index in [1.165, 1.54) is 25.7 Å². The molecule has 0 radical (unpaired) electrons. The average molecular weight is 178 g/mol. The highest BCUT2D eigenvalue weighted by Gasteiger charge is 2.17. The molecular formula is C6H12BrN. The van der Waals surface area contributed by atoms with Crippen molar-refractivity contribution in [1.29, 1.82) is 0 Å². The molecule has 0 heterocycles. The third kappa shape index (κ3) is 1.46. The van der Waals surface area contributed by atoms with E-state index in [9.17, 15) is 0 Å². The van der Waals surface area contributed by atoms with Gasteiger partial charge in [-0.15, -0.1) is 0 Å². The molecule has 0 aromatic rings. The fourth-order valence-corrected chi connectivity index (χ4v) is 1.70. The van der Waals surface area contributed by atoms with Crippen molar-refractivity contribution in [2.45, 2.75) is 36.6 Å². The fraction of sp³-hybridized carbons (Fsp3) is 1.00. The molecule has 2 heteroatoms. The van der Waals surface area contributed by atoms with Crippen molar-refractivity contribution in [2.75, 3.05) is 0 Å². The predicted octanol–water partition coefficient (Wildman–Crippen LogP) is 1.65. The number of hydrogen-bond acceptors (Lipinski definition) is 1. The van der Waals surface area contributed by atoms with Gasteiger partial charge in [0.25, 0.3) is 0 Å². The Morgan fingerprint density at radius 3 is 2.25 bits per heavy atom. The van der Waals surface area contributed by atoms with E-state index in [0.717, 1.165) is 0 Å². The van der Waals surface area contributed by atoms with Gasteiger partial charge in [0.2, 0.25) is 0 Å². The van der Waals surface area contributed by atoms with Gasteiger partial charge in [0.05, 0.1) is 0 Å². The summed E-state index contributed by atoms with van der Waals surface area (Å²) in [5.41, 5.74) is 5.73. The minimum atomic E-state index is 0.420. The van der Waals surface area contributed by atoms with Gasteiger partial charge in [-0.1, -0.05) is 28.8 Å². The zero-order valence-electron chi connectivity index (χ0n) is 4.94. The zero-order valence-corrected chi connectivity index (χ0v) is 6.52. The topological polar surface area (TPSA) is 26.0 Å². The highest BCUT2D eigenvalue weighted by atomic mass is 79.9. The predicted molar refractivity (Wildman–Crippen MR) is 39.2 cm³/mol. The maximum Gasteiger partial charge on any atom is 0.0297 e.